The normalized spacial score (nSPS) is 12.7. The highest BCUT2D eigenvalue weighted by Crippen LogP contribution is 2.20. The molecule has 0 radical (unpaired) electrons. The number of rotatable bonds is 2. The third-order valence-electron chi connectivity index (χ3n) is 1.97. The lowest BCUT2D eigenvalue weighted by Crippen LogP contribution is -2.15. The van der Waals surface area contributed by atoms with Gasteiger partial charge in [0.1, 0.15) is 0 Å². The molecule has 0 bridgehead atoms. The molecule has 0 spiro atoms. The largest absolute Gasteiger partial charge is 0.343 e. The van der Waals surface area contributed by atoms with Gasteiger partial charge in [-0.25, -0.2) is 8.78 Å². The summed E-state index contributed by atoms with van der Waals surface area (Å²) in [6.45, 7) is 0. The molecule has 78 valence electrons. The predicted octanol–water partition coefficient (Wildman–Crippen LogP) is 1.40. The van der Waals surface area contributed by atoms with Crippen LogP contribution in [0.2, 0.25) is 0 Å². The van der Waals surface area contributed by atoms with Gasteiger partial charge in [0.05, 0.1) is 6.04 Å². The van der Waals surface area contributed by atoms with Crippen molar-refractivity contribution in [3.8, 4) is 0 Å². The molecule has 0 saturated carbocycles. The van der Waals surface area contributed by atoms with Crippen LogP contribution in [0.5, 0.6) is 0 Å². The van der Waals surface area contributed by atoms with E-state index in [2.05, 4.69) is 14.7 Å². The highest BCUT2D eigenvalue weighted by molar-refractivity contribution is 5.26. The fourth-order valence-electron chi connectivity index (χ4n) is 1.22. The van der Waals surface area contributed by atoms with Crippen LogP contribution in [0.25, 0.3) is 0 Å². The molecule has 2 aromatic rings. The lowest BCUT2D eigenvalue weighted by molar-refractivity contribution is 0.406. The number of nitrogens with two attached hydrogens (primary N) is 1. The highest BCUT2D eigenvalue weighted by atomic mass is 19.2. The summed E-state index contributed by atoms with van der Waals surface area (Å²) in [5.41, 5.74) is 5.64. The van der Waals surface area contributed by atoms with Crippen molar-refractivity contribution in [1.29, 1.82) is 0 Å². The van der Waals surface area contributed by atoms with Gasteiger partial charge < -0.3 is 10.3 Å². The summed E-state index contributed by atoms with van der Waals surface area (Å²) in [6, 6.07) is 2.83. The van der Waals surface area contributed by atoms with Crippen LogP contribution < -0.4 is 5.73 Å². The minimum Gasteiger partial charge on any atom is -0.343 e. The molecule has 0 amide bonds. The molecule has 1 heterocycles. The molecule has 6 heteroatoms. The highest BCUT2D eigenvalue weighted by Gasteiger charge is 2.19. The first-order chi connectivity index (χ1) is 7.20. The van der Waals surface area contributed by atoms with Crippen LogP contribution in [0.15, 0.2) is 29.1 Å². The van der Waals surface area contributed by atoms with E-state index in [1.807, 2.05) is 0 Å². The quantitative estimate of drug-likeness (QED) is 0.815. The fraction of sp³-hybridized carbons (Fsp3) is 0.111. The maximum atomic E-state index is 13.3. The molecule has 2 rings (SSSR count). The van der Waals surface area contributed by atoms with E-state index in [1.54, 1.807) is 0 Å². The second kappa shape index (κ2) is 3.74. The number of nitrogens with zero attached hydrogens (tertiary/aromatic N) is 2. The molecule has 4 nitrogen and oxygen atoms in total. The zero-order valence-corrected chi connectivity index (χ0v) is 7.52. The Hall–Kier alpha value is -1.82. The van der Waals surface area contributed by atoms with Crippen LogP contribution in [-0.2, 0) is 0 Å². The summed E-state index contributed by atoms with van der Waals surface area (Å²) >= 11 is 0. The van der Waals surface area contributed by atoms with E-state index in [0.717, 1.165) is 12.5 Å². The summed E-state index contributed by atoms with van der Waals surface area (Å²) in [5.74, 6) is -1.83. The summed E-state index contributed by atoms with van der Waals surface area (Å²) in [6.07, 6.45) is 1.08. The molecule has 1 atom stereocenters. The number of hydrogen-bond donors (Lipinski definition) is 1. The Morgan fingerprint density at radius 1 is 1.33 bits per heavy atom. The van der Waals surface area contributed by atoms with Gasteiger partial charge in [-0.2, -0.15) is 4.98 Å². The van der Waals surface area contributed by atoms with E-state index in [4.69, 9.17) is 5.73 Å². The van der Waals surface area contributed by atoms with E-state index >= 15 is 0 Å². The van der Waals surface area contributed by atoms with Crippen LogP contribution in [0.4, 0.5) is 8.78 Å². The van der Waals surface area contributed by atoms with Crippen molar-refractivity contribution in [2.24, 2.45) is 5.73 Å². The maximum absolute atomic E-state index is 13.3. The minimum absolute atomic E-state index is 0.00333. The molecule has 0 aliphatic rings. The van der Waals surface area contributed by atoms with Gasteiger partial charge in [-0.15, -0.1) is 0 Å². The number of benzene rings is 1. The average Bonchev–Trinajstić information content (AvgIpc) is 2.74. The van der Waals surface area contributed by atoms with Gasteiger partial charge in [0.25, 0.3) is 0 Å². The van der Waals surface area contributed by atoms with E-state index < -0.39 is 17.7 Å². The van der Waals surface area contributed by atoms with Crippen molar-refractivity contribution >= 4 is 0 Å². The van der Waals surface area contributed by atoms with Crippen LogP contribution in [0.3, 0.4) is 0 Å². The minimum atomic E-state index is -0.991. The lowest BCUT2D eigenvalue weighted by Gasteiger charge is -2.08. The zero-order valence-electron chi connectivity index (χ0n) is 7.52. The lowest BCUT2D eigenvalue weighted by atomic mass is 10.1. The Labute approximate surface area is 83.7 Å². The van der Waals surface area contributed by atoms with Crippen molar-refractivity contribution in [1.82, 2.24) is 10.1 Å². The molecule has 1 aromatic heterocycles. The molecule has 0 saturated heterocycles. The standard InChI is InChI=1S/C9H7F2N3O/c10-6-3-1-2-5(7(6)11)8(12)9-13-4-15-14-9/h1-4,8H,12H2. The van der Waals surface area contributed by atoms with Crippen LogP contribution in [0, 0.1) is 11.6 Å². The SMILES string of the molecule is NC(c1ncon1)c1cccc(F)c1F. The van der Waals surface area contributed by atoms with Gasteiger partial charge in [0, 0.05) is 5.56 Å². The first-order valence-electron chi connectivity index (χ1n) is 4.16. The van der Waals surface area contributed by atoms with Crippen molar-refractivity contribution < 1.29 is 13.3 Å². The zero-order chi connectivity index (χ0) is 10.8. The Bertz CT molecular complexity index is 458. The van der Waals surface area contributed by atoms with E-state index in [9.17, 15) is 8.78 Å². The van der Waals surface area contributed by atoms with E-state index in [1.165, 1.54) is 12.1 Å². The molecular formula is C9H7F2N3O. The Balaban J connectivity index is 2.42. The first kappa shape index (κ1) is 9.72. The van der Waals surface area contributed by atoms with Gasteiger partial charge in [-0.3, -0.25) is 0 Å². The van der Waals surface area contributed by atoms with Crippen LogP contribution in [0.1, 0.15) is 17.4 Å². The second-order valence-electron chi connectivity index (χ2n) is 2.91. The number of hydrogen-bond acceptors (Lipinski definition) is 4. The van der Waals surface area contributed by atoms with Gasteiger partial charge in [0.2, 0.25) is 6.39 Å². The molecule has 1 unspecified atom stereocenters. The van der Waals surface area contributed by atoms with Crippen molar-refractivity contribution in [3.63, 3.8) is 0 Å². The maximum Gasteiger partial charge on any atom is 0.213 e. The molecule has 1 aromatic carbocycles. The second-order valence-corrected chi connectivity index (χ2v) is 2.91. The van der Waals surface area contributed by atoms with Crippen LogP contribution in [-0.4, -0.2) is 10.1 Å². The summed E-state index contributed by atoms with van der Waals surface area (Å²) < 4.78 is 30.7. The molecule has 2 N–H and O–H groups in total. The van der Waals surface area contributed by atoms with Crippen molar-refractivity contribution in [3.05, 3.63) is 47.6 Å². The monoisotopic (exact) mass is 211 g/mol. The van der Waals surface area contributed by atoms with E-state index in [-0.39, 0.29) is 11.4 Å². The molecule has 0 aliphatic heterocycles. The van der Waals surface area contributed by atoms with Crippen LogP contribution >= 0.6 is 0 Å². The average molecular weight is 211 g/mol. The summed E-state index contributed by atoms with van der Waals surface area (Å²) in [5, 5.41) is 3.46. The molecule has 0 fully saturated rings. The van der Waals surface area contributed by atoms with Gasteiger partial charge in [0.15, 0.2) is 17.5 Å². The summed E-state index contributed by atoms with van der Waals surface area (Å²) in [7, 11) is 0. The fourth-order valence-corrected chi connectivity index (χ4v) is 1.22. The molecule has 15 heavy (non-hydrogen) atoms. The third kappa shape index (κ3) is 1.71. The smallest absolute Gasteiger partial charge is 0.213 e. The Morgan fingerprint density at radius 3 is 2.80 bits per heavy atom. The van der Waals surface area contributed by atoms with Gasteiger partial charge in [-0.1, -0.05) is 17.3 Å². The van der Waals surface area contributed by atoms with Gasteiger partial charge >= 0.3 is 0 Å². The number of halogens is 2. The number of aromatic nitrogens is 2. The first-order valence-corrected chi connectivity index (χ1v) is 4.16. The topological polar surface area (TPSA) is 64.9 Å². The van der Waals surface area contributed by atoms with Crippen molar-refractivity contribution in [2.75, 3.05) is 0 Å². The van der Waals surface area contributed by atoms with Gasteiger partial charge in [-0.05, 0) is 6.07 Å². The third-order valence-corrected chi connectivity index (χ3v) is 1.97. The van der Waals surface area contributed by atoms with E-state index in [0.29, 0.717) is 0 Å². The Kier molecular flexibility index (Phi) is 2.42. The predicted molar refractivity (Wildman–Crippen MR) is 46.7 cm³/mol. The summed E-state index contributed by atoms with van der Waals surface area (Å²) in [4.78, 5) is 3.67. The molecule has 0 aliphatic carbocycles. The Morgan fingerprint density at radius 2 is 2.13 bits per heavy atom. The molecular weight excluding hydrogens is 204 g/mol. The van der Waals surface area contributed by atoms with Crippen molar-refractivity contribution in [2.45, 2.75) is 6.04 Å².